The molecule has 32 heavy (non-hydrogen) atoms. The molecule has 0 bridgehead atoms. The van der Waals surface area contributed by atoms with Gasteiger partial charge in [-0.3, -0.25) is 4.90 Å². The van der Waals surface area contributed by atoms with Crippen molar-refractivity contribution < 1.29 is 0 Å². The van der Waals surface area contributed by atoms with E-state index in [9.17, 15) is 0 Å². The van der Waals surface area contributed by atoms with E-state index in [0.717, 1.165) is 26.2 Å². The monoisotopic (exact) mass is 418 g/mol. The molecule has 1 fully saturated rings. The lowest BCUT2D eigenvalue weighted by atomic mass is 9.84. The third-order valence-corrected chi connectivity index (χ3v) is 6.47. The molecule has 1 aromatic heterocycles. The van der Waals surface area contributed by atoms with Gasteiger partial charge in [-0.2, -0.15) is 5.26 Å². The fourth-order valence-electron chi connectivity index (χ4n) is 4.82. The van der Waals surface area contributed by atoms with Crippen LogP contribution in [0.4, 0.5) is 0 Å². The summed E-state index contributed by atoms with van der Waals surface area (Å²) in [6, 6.07) is 31.8. The summed E-state index contributed by atoms with van der Waals surface area (Å²) >= 11 is 0. The lowest BCUT2D eigenvalue weighted by Gasteiger charge is -2.19. The minimum Gasteiger partial charge on any atom is -0.329 e. The fraction of sp³-hybridized carbons (Fsp3) is 0.214. The van der Waals surface area contributed by atoms with E-state index in [1.54, 1.807) is 0 Å². The van der Waals surface area contributed by atoms with Crippen LogP contribution < -0.4 is 0 Å². The first-order valence-corrected chi connectivity index (χ1v) is 11.1. The molecule has 0 amide bonds. The van der Waals surface area contributed by atoms with Crippen LogP contribution in [0.3, 0.4) is 0 Å². The SMILES string of the molecule is N#Cc1ccc(Cn2cncc2CN2C[C@@H](c3ccccc3)[C@H](c3ccccc3)C2)cc1. The first kappa shape index (κ1) is 20.2. The van der Waals surface area contributed by atoms with Crippen molar-refractivity contribution in [2.45, 2.75) is 24.9 Å². The molecular formula is C28H26N4. The molecule has 158 valence electrons. The minimum absolute atomic E-state index is 0.480. The van der Waals surface area contributed by atoms with Gasteiger partial charge in [0.05, 0.1) is 23.7 Å². The van der Waals surface area contributed by atoms with Crippen molar-refractivity contribution in [1.82, 2.24) is 14.5 Å². The number of likely N-dealkylation sites (tertiary alicyclic amines) is 1. The maximum absolute atomic E-state index is 9.03. The Morgan fingerprint density at radius 3 is 1.94 bits per heavy atom. The van der Waals surface area contributed by atoms with Gasteiger partial charge < -0.3 is 4.57 Å². The number of hydrogen-bond acceptors (Lipinski definition) is 3. The Bertz CT molecular complexity index is 1140. The molecule has 4 heteroatoms. The molecule has 4 aromatic rings. The number of imidazole rings is 1. The van der Waals surface area contributed by atoms with Crippen molar-refractivity contribution in [1.29, 1.82) is 5.26 Å². The van der Waals surface area contributed by atoms with E-state index in [1.165, 1.54) is 22.4 Å². The summed E-state index contributed by atoms with van der Waals surface area (Å²) in [5.74, 6) is 0.960. The second-order valence-electron chi connectivity index (χ2n) is 8.55. The summed E-state index contributed by atoms with van der Waals surface area (Å²) in [6.45, 7) is 3.71. The maximum Gasteiger partial charge on any atom is 0.0991 e. The molecule has 4 nitrogen and oxygen atoms in total. The Balaban J connectivity index is 1.35. The summed E-state index contributed by atoms with van der Waals surface area (Å²) in [6.07, 6.45) is 3.89. The minimum atomic E-state index is 0.480. The summed E-state index contributed by atoms with van der Waals surface area (Å²) in [4.78, 5) is 6.99. The molecule has 1 saturated heterocycles. The van der Waals surface area contributed by atoms with Crippen molar-refractivity contribution in [3.63, 3.8) is 0 Å². The lowest BCUT2D eigenvalue weighted by molar-refractivity contribution is 0.315. The number of hydrogen-bond donors (Lipinski definition) is 0. The van der Waals surface area contributed by atoms with Gasteiger partial charge in [-0.05, 0) is 28.8 Å². The zero-order valence-electron chi connectivity index (χ0n) is 18.0. The highest BCUT2D eigenvalue weighted by Gasteiger charge is 2.34. The highest BCUT2D eigenvalue weighted by atomic mass is 15.2. The standard InChI is InChI=1S/C28H26N4/c29-15-22-11-13-23(14-12-22)17-32-21-30-16-26(32)18-31-19-27(24-7-3-1-4-8-24)28(20-31)25-9-5-2-6-10-25/h1-14,16,21,27-28H,17-20H2/t27-,28-/m0/s1. The highest BCUT2D eigenvalue weighted by Crippen LogP contribution is 2.40. The molecule has 0 saturated carbocycles. The van der Waals surface area contributed by atoms with Gasteiger partial charge in [0.2, 0.25) is 0 Å². The molecule has 2 heterocycles. The van der Waals surface area contributed by atoms with Gasteiger partial charge >= 0.3 is 0 Å². The van der Waals surface area contributed by atoms with Crippen LogP contribution in [-0.2, 0) is 13.1 Å². The second-order valence-corrected chi connectivity index (χ2v) is 8.55. The van der Waals surface area contributed by atoms with Crippen molar-refractivity contribution in [2.24, 2.45) is 0 Å². The first-order valence-electron chi connectivity index (χ1n) is 11.1. The zero-order valence-corrected chi connectivity index (χ0v) is 18.0. The second kappa shape index (κ2) is 9.21. The van der Waals surface area contributed by atoms with Gasteiger partial charge in [0.15, 0.2) is 0 Å². The molecule has 5 rings (SSSR count). The van der Waals surface area contributed by atoms with Gasteiger partial charge in [-0.1, -0.05) is 72.8 Å². The average Bonchev–Trinajstić information content (AvgIpc) is 3.48. The Kier molecular flexibility index (Phi) is 5.83. The number of benzene rings is 3. The molecule has 0 spiro atoms. The quantitative estimate of drug-likeness (QED) is 0.433. The van der Waals surface area contributed by atoms with Gasteiger partial charge in [0, 0.05) is 44.2 Å². The summed E-state index contributed by atoms with van der Waals surface area (Å²) < 4.78 is 2.22. The molecule has 3 aromatic carbocycles. The van der Waals surface area contributed by atoms with E-state index in [4.69, 9.17) is 5.26 Å². The lowest BCUT2D eigenvalue weighted by Crippen LogP contribution is -2.22. The Labute approximate surface area is 189 Å². The van der Waals surface area contributed by atoms with E-state index in [-0.39, 0.29) is 0 Å². The number of nitrogens with zero attached hydrogens (tertiary/aromatic N) is 4. The van der Waals surface area contributed by atoms with Crippen molar-refractivity contribution in [3.05, 3.63) is 125 Å². The molecule has 1 aliphatic rings. The van der Waals surface area contributed by atoms with E-state index in [0.29, 0.717) is 17.4 Å². The van der Waals surface area contributed by atoms with Crippen LogP contribution >= 0.6 is 0 Å². The van der Waals surface area contributed by atoms with Crippen LogP contribution in [0.1, 0.15) is 39.8 Å². The molecule has 0 radical (unpaired) electrons. The topological polar surface area (TPSA) is 44.9 Å². The number of nitriles is 1. The zero-order chi connectivity index (χ0) is 21.8. The van der Waals surface area contributed by atoms with Crippen LogP contribution in [0.25, 0.3) is 0 Å². The Morgan fingerprint density at radius 1 is 0.781 bits per heavy atom. The Morgan fingerprint density at radius 2 is 1.38 bits per heavy atom. The van der Waals surface area contributed by atoms with Crippen LogP contribution in [0, 0.1) is 11.3 Å². The van der Waals surface area contributed by atoms with Crippen LogP contribution in [0.15, 0.2) is 97.5 Å². The van der Waals surface area contributed by atoms with Crippen LogP contribution in [-0.4, -0.2) is 27.5 Å². The third kappa shape index (κ3) is 4.34. The average molecular weight is 419 g/mol. The smallest absolute Gasteiger partial charge is 0.0991 e. The fourth-order valence-corrected chi connectivity index (χ4v) is 4.82. The molecule has 0 unspecified atom stereocenters. The third-order valence-electron chi connectivity index (χ3n) is 6.47. The normalized spacial score (nSPS) is 18.5. The van der Waals surface area contributed by atoms with E-state index >= 15 is 0 Å². The predicted molar refractivity (Wildman–Crippen MR) is 126 cm³/mol. The van der Waals surface area contributed by atoms with E-state index < -0.39 is 0 Å². The van der Waals surface area contributed by atoms with E-state index in [2.05, 4.69) is 81.2 Å². The van der Waals surface area contributed by atoms with Crippen molar-refractivity contribution >= 4 is 0 Å². The predicted octanol–water partition coefficient (Wildman–Crippen LogP) is 5.19. The molecule has 1 aliphatic heterocycles. The molecule has 0 N–H and O–H groups in total. The summed E-state index contributed by atoms with van der Waals surface area (Å²) in [5.41, 5.74) is 5.91. The molecule has 0 aliphatic carbocycles. The van der Waals surface area contributed by atoms with Crippen LogP contribution in [0.5, 0.6) is 0 Å². The number of rotatable bonds is 6. The highest BCUT2D eigenvalue weighted by molar-refractivity contribution is 5.33. The van der Waals surface area contributed by atoms with E-state index in [1.807, 2.05) is 36.8 Å². The van der Waals surface area contributed by atoms with Gasteiger partial charge in [0.25, 0.3) is 0 Å². The van der Waals surface area contributed by atoms with Gasteiger partial charge in [-0.15, -0.1) is 0 Å². The molecular weight excluding hydrogens is 392 g/mol. The van der Waals surface area contributed by atoms with Gasteiger partial charge in [-0.25, -0.2) is 4.98 Å². The maximum atomic E-state index is 9.03. The number of aromatic nitrogens is 2. The first-order chi connectivity index (χ1) is 15.8. The molecule has 2 atom stereocenters. The van der Waals surface area contributed by atoms with Crippen LogP contribution in [0.2, 0.25) is 0 Å². The summed E-state index contributed by atoms with van der Waals surface area (Å²) in [5, 5.41) is 9.03. The Hall–Kier alpha value is -3.68. The summed E-state index contributed by atoms with van der Waals surface area (Å²) in [7, 11) is 0. The largest absolute Gasteiger partial charge is 0.329 e. The van der Waals surface area contributed by atoms with Crippen molar-refractivity contribution in [2.75, 3.05) is 13.1 Å². The van der Waals surface area contributed by atoms with Crippen molar-refractivity contribution in [3.8, 4) is 6.07 Å². The van der Waals surface area contributed by atoms with Gasteiger partial charge in [0.1, 0.15) is 0 Å².